The number of methoxy groups -OCH3 is 1. The van der Waals surface area contributed by atoms with Gasteiger partial charge in [0, 0.05) is 19.1 Å². The average molecular weight is 247 g/mol. The number of rotatable bonds is 6. The quantitative estimate of drug-likeness (QED) is 0.794. The van der Waals surface area contributed by atoms with E-state index in [4.69, 9.17) is 9.15 Å². The molecule has 0 aliphatic heterocycles. The highest BCUT2D eigenvalue weighted by molar-refractivity contribution is 5.78. The van der Waals surface area contributed by atoms with Crippen LogP contribution >= 0.6 is 0 Å². The normalized spacial score (nSPS) is 13.1. The van der Waals surface area contributed by atoms with Crippen LogP contribution in [0.3, 0.4) is 0 Å². The van der Waals surface area contributed by atoms with E-state index in [0.29, 0.717) is 0 Å². The molecule has 1 atom stereocenters. The minimum absolute atomic E-state index is 0.257. The van der Waals surface area contributed by atoms with E-state index in [-0.39, 0.29) is 6.04 Å². The molecule has 18 heavy (non-hydrogen) atoms. The summed E-state index contributed by atoms with van der Waals surface area (Å²) in [5.74, 6) is 1.01. The van der Waals surface area contributed by atoms with Crippen LogP contribution in [0, 0.1) is 6.92 Å². The van der Waals surface area contributed by atoms with Crippen molar-refractivity contribution >= 4 is 11.0 Å². The van der Waals surface area contributed by atoms with E-state index in [1.165, 1.54) is 10.9 Å². The van der Waals surface area contributed by atoms with Gasteiger partial charge in [0.2, 0.25) is 0 Å². The lowest BCUT2D eigenvalue weighted by atomic mass is 10.1. The minimum Gasteiger partial charge on any atom is -0.459 e. The summed E-state index contributed by atoms with van der Waals surface area (Å²) in [5, 5.41) is 4.48. The number of furan rings is 1. The molecule has 1 aromatic carbocycles. The third-order valence-corrected chi connectivity index (χ3v) is 3.22. The first-order valence-corrected chi connectivity index (χ1v) is 6.41. The van der Waals surface area contributed by atoms with Crippen molar-refractivity contribution in [2.24, 2.45) is 0 Å². The van der Waals surface area contributed by atoms with E-state index in [0.717, 1.165) is 30.8 Å². The molecule has 1 aromatic heterocycles. The van der Waals surface area contributed by atoms with E-state index in [1.54, 1.807) is 7.11 Å². The van der Waals surface area contributed by atoms with Crippen LogP contribution in [0.2, 0.25) is 0 Å². The topological polar surface area (TPSA) is 34.4 Å². The Kier molecular flexibility index (Phi) is 4.39. The molecule has 0 bridgehead atoms. The highest BCUT2D eigenvalue weighted by atomic mass is 16.5. The van der Waals surface area contributed by atoms with Gasteiger partial charge in [-0.3, -0.25) is 0 Å². The van der Waals surface area contributed by atoms with Crippen LogP contribution in [0.4, 0.5) is 0 Å². The lowest BCUT2D eigenvalue weighted by Crippen LogP contribution is -2.16. The molecule has 0 fully saturated rings. The second-order valence-corrected chi connectivity index (χ2v) is 4.67. The van der Waals surface area contributed by atoms with Crippen molar-refractivity contribution in [3.8, 4) is 0 Å². The molecule has 0 aliphatic rings. The summed E-state index contributed by atoms with van der Waals surface area (Å²) in [4.78, 5) is 0. The molecule has 3 nitrogen and oxygen atoms in total. The molecule has 2 rings (SSSR count). The summed E-state index contributed by atoms with van der Waals surface area (Å²) in [6.07, 6.45) is 2.04. The predicted molar refractivity (Wildman–Crippen MR) is 73.9 cm³/mol. The van der Waals surface area contributed by atoms with Gasteiger partial charge in [-0.05, 0) is 45.0 Å². The Hall–Kier alpha value is -1.32. The number of ether oxygens (including phenoxy) is 1. The fourth-order valence-electron chi connectivity index (χ4n) is 2.22. The third kappa shape index (κ3) is 2.92. The average Bonchev–Trinajstić information content (AvgIpc) is 2.77. The Labute approximate surface area is 108 Å². The largest absolute Gasteiger partial charge is 0.459 e. The summed E-state index contributed by atoms with van der Waals surface area (Å²) in [5.41, 5.74) is 2.22. The first-order chi connectivity index (χ1) is 8.74. The molecule has 98 valence electrons. The van der Waals surface area contributed by atoms with Gasteiger partial charge in [-0.2, -0.15) is 0 Å². The first kappa shape index (κ1) is 13.1. The molecule has 1 heterocycles. The van der Waals surface area contributed by atoms with Gasteiger partial charge in [0.25, 0.3) is 0 Å². The summed E-state index contributed by atoms with van der Waals surface area (Å²) >= 11 is 0. The molecule has 0 spiro atoms. The second kappa shape index (κ2) is 6.03. The number of benzene rings is 1. The van der Waals surface area contributed by atoms with Gasteiger partial charge in [-0.25, -0.2) is 0 Å². The monoisotopic (exact) mass is 247 g/mol. The number of nitrogens with one attached hydrogen (secondary N) is 1. The molecule has 3 heteroatoms. The van der Waals surface area contributed by atoms with E-state index >= 15 is 0 Å². The third-order valence-electron chi connectivity index (χ3n) is 3.22. The van der Waals surface area contributed by atoms with Crippen molar-refractivity contribution < 1.29 is 9.15 Å². The Balaban J connectivity index is 2.17. The van der Waals surface area contributed by atoms with Crippen LogP contribution in [0.5, 0.6) is 0 Å². The minimum atomic E-state index is 0.257. The second-order valence-electron chi connectivity index (χ2n) is 4.67. The molecule has 1 N–H and O–H groups in total. The van der Waals surface area contributed by atoms with Gasteiger partial charge in [0.15, 0.2) is 0 Å². The highest BCUT2D eigenvalue weighted by Gasteiger charge is 2.14. The van der Waals surface area contributed by atoms with Crippen LogP contribution in [-0.2, 0) is 4.74 Å². The summed E-state index contributed by atoms with van der Waals surface area (Å²) in [6, 6.07) is 8.67. The van der Waals surface area contributed by atoms with Gasteiger partial charge in [0.05, 0.1) is 6.04 Å². The molecule has 0 radical (unpaired) electrons. The van der Waals surface area contributed by atoms with Crippen molar-refractivity contribution in [1.29, 1.82) is 0 Å². The van der Waals surface area contributed by atoms with E-state index < -0.39 is 0 Å². The van der Waals surface area contributed by atoms with Gasteiger partial charge in [-0.1, -0.05) is 11.6 Å². The molecule has 0 saturated heterocycles. The van der Waals surface area contributed by atoms with Gasteiger partial charge in [-0.15, -0.1) is 0 Å². The van der Waals surface area contributed by atoms with Crippen molar-refractivity contribution in [2.45, 2.75) is 25.8 Å². The molecule has 2 aromatic rings. The maximum atomic E-state index is 5.90. The van der Waals surface area contributed by atoms with Crippen molar-refractivity contribution in [2.75, 3.05) is 20.8 Å². The Morgan fingerprint density at radius 3 is 2.89 bits per heavy atom. The van der Waals surface area contributed by atoms with Crippen LogP contribution < -0.4 is 5.32 Å². The zero-order valence-electron chi connectivity index (χ0n) is 11.3. The Bertz CT molecular complexity index is 504. The molecule has 0 saturated carbocycles. The van der Waals surface area contributed by atoms with Crippen molar-refractivity contribution in [3.63, 3.8) is 0 Å². The highest BCUT2D eigenvalue weighted by Crippen LogP contribution is 2.26. The van der Waals surface area contributed by atoms with Crippen molar-refractivity contribution in [3.05, 3.63) is 35.6 Å². The van der Waals surface area contributed by atoms with Crippen LogP contribution in [0.15, 0.2) is 28.7 Å². The van der Waals surface area contributed by atoms with Crippen LogP contribution in [0.1, 0.15) is 30.2 Å². The summed E-state index contributed by atoms with van der Waals surface area (Å²) in [6.45, 7) is 2.89. The fraction of sp³-hybridized carbons (Fsp3) is 0.467. The van der Waals surface area contributed by atoms with Crippen LogP contribution in [-0.4, -0.2) is 20.8 Å². The molecule has 1 unspecified atom stereocenters. The SMILES string of the molecule is CNC(CCCOC)c1cc2cc(C)ccc2o1. The van der Waals surface area contributed by atoms with Gasteiger partial charge in [0.1, 0.15) is 11.3 Å². The van der Waals surface area contributed by atoms with Gasteiger partial charge >= 0.3 is 0 Å². The molecule has 0 amide bonds. The van der Waals surface area contributed by atoms with Crippen LogP contribution in [0.25, 0.3) is 11.0 Å². The van der Waals surface area contributed by atoms with E-state index in [9.17, 15) is 0 Å². The fourth-order valence-corrected chi connectivity index (χ4v) is 2.22. The molecular formula is C15H21NO2. The van der Waals surface area contributed by atoms with Gasteiger partial charge < -0.3 is 14.5 Å². The first-order valence-electron chi connectivity index (χ1n) is 6.41. The zero-order chi connectivity index (χ0) is 13.0. The number of fused-ring (bicyclic) bond motifs is 1. The summed E-state index contributed by atoms with van der Waals surface area (Å²) in [7, 11) is 3.70. The number of hydrogen-bond acceptors (Lipinski definition) is 3. The Morgan fingerprint density at radius 1 is 1.33 bits per heavy atom. The number of hydrogen-bond donors (Lipinski definition) is 1. The van der Waals surface area contributed by atoms with E-state index in [1.807, 2.05) is 13.1 Å². The molecular weight excluding hydrogens is 226 g/mol. The molecule has 0 aliphatic carbocycles. The number of aryl methyl sites for hydroxylation is 1. The Morgan fingerprint density at radius 2 is 2.17 bits per heavy atom. The van der Waals surface area contributed by atoms with E-state index in [2.05, 4.69) is 30.4 Å². The smallest absolute Gasteiger partial charge is 0.134 e. The summed E-state index contributed by atoms with van der Waals surface area (Å²) < 4.78 is 11.0. The van der Waals surface area contributed by atoms with Crippen molar-refractivity contribution in [1.82, 2.24) is 5.32 Å². The standard InChI is InChI=1S/C15H21NO2/c1-11-6-7-14-12(9-11)10-15(18-14)13(16-2)5-4-8-17-3/h6-7,9-10,13,16H,4-5,8H2,1-3H3. The maximum absolute atomic E-state index is 5.90. The zero-order valence-corrected chi connectivity index (χ0v) is 11.3. The maximum Gasteiger partial charge on any atom is 0.134 e. The predicted octanol–water partition coefficient (Wildman–Crippen LogP) is 3.43. The lowest BCUT2D eigenvalue weighted by Gasteiger charge is -2.12. The lowest BCUT2D eigenvalue weighted by molar-refractivity contribution is 0.188.